The molecule has 2 aliphatic rings. The van der Waals surface area contributed by atoms with Crippen molar-refractivity contribution < 1.29 is 9.53 Å². The highest BCUT2D eigenvalue weighted by molar-refractivity contribution is 5.85. The average molecular weight is 273 g/mol. The maximum Gasteiger partial charge on any atom is 0.167 e. The lowest BCUT2D eigenvalue weighted by Crippen LogP contribution is -2.49. The van der Waals surface area contributed by atoms with Crippen LogP contribution in [0.4, 0.5) is 0 Å². The second-order valence-corrected chi connectivity index (χ2v) is 6.17. The number of ketones is 1. The monoisotopic (exact) mass is 273 g/mol. The molecule has 3 rings (SSSR count). The van der Waals surface area contributed by atoms with Gasteiger partial charge in [-0.3, -0.25) is 9.69 Å². The van der Waals surface area contributed by atoms with E-state index in [9.17, 15) is 4.79 Å². The Morgan fingerprint density at radius 1 is 1.35 bits per heavy atom. The van der Waals surface area contributed by atoms with Crippen LogP contribution in [0.1, 0.15) is 29.5 Å². The van der Waals surface area contributed by atoms with Crippen LogP contribution in [0.25, 0.3) is 0 Å². The lowest BCUT2D eigenvalue weighted by molar-refractivity contribution is -0.137. The Kier molecular flexibility index (Phi) is 3.90. The van der Waals surface area contributed by atoms with Crippen molar-refractivity contribution >= 4 is 5.78 Å². The van der Waals surface area contributed by atoms with Crippen molar-refractivity contribution in [3.63, 3.8) is 0 Å². The van der Waals surface area contributed by atoms with Crippen molar-refractivity contribution in [3.8, 4) is 0 Å². The number of benzene rings is 1. The minimum Gasteiger partial charge on any atom is -0.367 e. The first-order chi connectivity index (χ1) is 9.63. The molecule has 0 radical (unpaired) electrons. The van der Waals surface area contributed by atoms with Crippen molar-refractivity contribution in [1.29, 1.82) is 0 Å². The quantitative estimate of drug-likeness (QED) is 0.846. The van der Waals surface area contributed by atoms with Gasteiger partial charge in [-0.2, -0.15) is 0 Å². The van der Waals surface area contributed by atoms with E-state index < -0.39 is 0 Å². The van der Waals surface area contributed by atoms with E-state index in [1.54, 1.807) is 0 Å². The molecule has 108 valence electrons. The highest BCUT2D eigenvalue weighted by Crippen LogP contribution is 2.23. The molecule has 0 aliphatic carbocycles. The molecule has 0 aromatic heterocycles. The number of hydrogen-bond donors (Lipinski definition) is 0. The summed E-state index contributed by atoms with van der Waals surface area (Å²) in [6, 6.07) is 6.83. The molecule has 0 saturated carbocycles. The van der Waals surface area contributed by atoms with Crippen LogP contribution in [0.3, 0.4) is 0 Å². The third kappa shape index (κ3) is 2.79. The molecule has 2 fully saturated rings. The summed E-state index contributed by atoms with van der Waals surface area (Å²) < 4.78 is 5.79. The Balaban J connectivity index is 1.62. The summed E-state index contributed by atoms with van der Waals surface area (Å²) in [6.07, 6.45) is 2.72. The molecular formula is C17H23NO2. The number of carbonyl (C=O) groups is 1. The molecule has 0 bridgehead atoms. The molecule has 3 nitrogen and oxygen atoms in total. The molecule has 1 aromatic carbocycles. The molecule has 1 aromatic rings. The molecule has 0 N–H and O–H groups in total. The van der Waals surface area contributed by atoms with Gasteiger partial charge in [0, 0.05) is 19.0 Å². The molecule has 0 amide bonds. The zero-order chi connectivity index (χ0) is 14.1. The van der Waals surface area contributed by atoms with Crippen molar-refractivity contribution in [2.45, 2.75) is 45.3 Å². The van der Waals surface area contributed by atoms with Gasteiger partial charge >= 0.3 is 0 Å². The van der Waals surface area contributed by atoms with E-state index in [1.165, 1.54) is 24.0 Å². The number of rotatable bonds is 3. The SMILES string of the molecule is Cc1ccc(CC(=O)C2CN3CCCC3CO2)cc1C. The molecule has 20 heavy (non-hydrogen) atoms. The van der Waals surface area contributed by atoms with E-state index in [4.69, 9.17) is 4.74 Å². The van der Waals surface area contributed by atoms with E-state index >= 15 is 0 Å². The van der Waals surface area contributed by atoms with Gasteiger partial charge < -0.3 is 4.74 Å². The minimum absolute atomic E-state index is 0.221. The summed E-state index contributed by atoms with van der Waals surface area (Å²) >= 11 is 0. The maximum absolute atomic E-state index is 12.4. The van der Waals surface area contributed by atoms with E-state index in [-0.39, 0.29) is 11.9 Å². The molecular weight excluding hydrogens is 250 g/mol. The molecule has 2 saturated heterocycles. The Morgan fingerprint density at radius 3 is 3.00 bits per heavy atom. The smallest absolute Gasteiger partial charge is 0.167 e. The number of nitrogens with zero attached hydrogens (tertiary/aromatic N) is 1. The van der Waals surface area contributed by atoms with Crippen molar-refractivity contribution in [2.24, 2.45) is 0 Å². The highest BCUT2D eigenvalue weighted by Gasteiger charge is 2.34. The topological polar surface area (TPSA) is 29.5 Å². The van der Waals surface area contributed by atoms with Gasteiger partial charge in [-0.05, 0) is 49.9 Å². The molecule has 0 spiro atoms. The normalized spacial score (nSPS) is 26.5. The first-order valence-electron chi connectivity index (χ1n) is 7.58. The Morgan fingerprint density at radius 2 is 2.20 bits per heavy atom. The van der Waals surface area contributed by atoms with E-state index in [2.05, 4.69) is 36.9 Å². The van der Waals surface area contributed by atoms with Crippen molar-refractivity contribution in [1.82, 2.24) is 4.90 Å². The summed E-state index contributed by atoms with van der Waals surface area (Å²) in [6.45, 7) is 6.83. The molecule has 2 aliphatic heterocycles. The lowest BCUT2D eigenvalue weighted by Gasteiger charge is -2.34. The van der Waals surface area contributed by atoms with E-state index in [0.29, 0.717) is 12.5 Å². The van der Waals surface area contributed by atoms with Crippen molar-refractivity contribution in [3.05, 3.63) is 34.9 Å². The number of morpholine rings is 1. The van der Waals surface area contributed by atoms with Gasteiger partial charge in [0.1, 0.15) is 6.10 Å². The van der Waals surface area contributed by atoms with Crippen LogP contribution < -0.4 is 0 Å². The van der Waals surface area contributed by atoms with E-state index in [1.807, 2.05) is 0 Å². The van der Waals surface area contributed by atoms with Gasteiger partial charge in [0.25, 0.3) is 0 Å². The zero-order valence-corrected chi connectivity index (χ0v) is 12.4. The van der Waals surface area contributed by atoms with Crippen LogP contribution in [0.2, 0.25) is 0 Å². The Labute approximate surface area is 120 Å². The summed E-state index contributed by atoms with van der Waals surface area (Å²) in [5.41, 5.74) is 3.62. The summed E-state index contributed by atoms with van der Waals surface area (Å²) in [5.74, 6) is 0.221. The second kappa shape index (κ2) is 5.66. The number of aryl methyl sites for hydroxylation is 2. The van der Waals surface area contributed by atoms with Gasteiger partial charge in [0.2, 0.25) is 0 Å². The third-order valence-corrected chi connectivity index (χ3v) is 4.70. The first kappa shape index (κ1) is 13.8. The Bertz CT molecular complexity index is 512. The predicted octanol–water partition coefficient (Wildman–Crippen LogP) is 2.28. The van der Waals surface area contributed by atoms with Crippen molar-refractivity contribution in [2.75, 3.05) is 19.7 Å². The van der Waals surface area contributed by atoms with Gasteiger partial charge in [-0.25, -0.2) is 0 Å². The fraction of sp³-hybridized carbons (Fsp3) is 0.588. The standard InChI is InChI=1S/C17H23NO2/c1-12-5-6-14(8-13(12)2)9-16(19)17-10-18-7-3-4-15(18)11-20-17/h5-6,8,15,17H,3-4,7,9-11H2,1-2H3. The van der Waals surface area contributed by atoms with Crippen LogP contribution in [-0.4, -0.2) is 42.5 Å². The van der Waals surface area contributed by atoms with Crippen LogP contribution in [-0.2, 0) is 16.0 Å². The number of ether oxygens (including phenoxy) is 1. The highest BCUT2D eigenvalue weighted by atomic mass is 16.5. The molecule has 2 unspecified atom stereocenters. The predicted molar refractivity (Wildman–Crippen MR) is 79.0 cm³/mol. The summed E-state index contributed by atoms with van der Waals surface area (Å²) in [7, 11) is 0. The lowest BCUT2D eigenvalue weighted by atomic mass is 10.00. The number of carbonyl (C=O) groups excluding carboxylic acids is 1. The van der Waals surface area contributed by atoms with Gasteiger partial charge in [0.15, 0.2) is 5.78 Å². The fourth-order valence-electron chi connectivity index (χ4n) is 3.24. The number of hydrogen-bond acceptors (Lipinski definition) is 3. The Hall–Kier alpha value is -1.19. The van der Waals surface area contributed by atoms with Gasteiger partial charge in [-0.15, -0.1) is 0 Å². The summed E-state index contributed by atoms with van der Waals surface area (Å²) in [4.78, 5) is 14.8. The van der Waals surface area contributed by atoms with Crippen LogP contribution in [0.15, 0.2) is 18.2 Å². The largest absolute Gasteiger partial charge is 0.367 e. The first-order valence-corrected chi connectivity index (χ1v) is 7.58. The second-order valence-electron chi connectivity index (χ2n) is 6.17. The minimum atomic E-state index is -0.231. The maximum atomic E-state index is 12.4. The van der Waals surface area contributed by atoms with Gasteiger partial charge in [0.05, 0.1) is 6.61 Å². The molecule has 2 atom stereocenters. The molecule has 2 heterocycles. The molecule has 3 heteroatoms. The van der Waals surface area contributed by atoms with Gasteiger partial charge in [-0.1, -0.05) is 18.2 Å². The van der Waals surface area contributed by atoms with E-state index in [0.717, 1.165) is 25.3 Å². The zero-order valence-electron chi connectivity index (χ0n) is 12.4. The number of Topliss-reactive ketones (excluding diaryl/α,β-unsaturated/α-hetero) is 1. The van der Waals surface area contributed by atoms with Crippen LogP contribution >= 0.6 is 0 Å². The van der Waals surface area contributed by atoms with Crippen LogP contribution in [0, 0.1) is 13.8 Å². The summed E-state index contributed by atoms with van der Waals surface area (Å²) in [5, 5.41) is 0. The average Bonchev–Trinajstić information content (AvgIpc) is 2.90. The fourth-order valence-corrected chi connectivity index (χ4v) is 3.24. The number of fused-ring (bicyclic) bond motifs is 1. The van der Waals surface area contributed by atoms with Crippen LogP contribution in [0.5, 0.6) is 0 Å². The third-order valence-electron chi connectivity index (χ3n) is 4.70.